The molecule has 2 N–H and O–H groups in total. The predicted octanol–water partition coefficient (Wildman–Crippen LogP) is 5.83. The highest BCUT2D eigenvalue weighted by atomic mass is 16.3. The Morgan fingerprint density at radius 1 is 1.26 bits per heavy atom. The van der Waals surface area contributed by atoms with Crippen LogP contribution in [-0.4, -0.2) is 22.6 Å². The van der Waals surface area contributed by atoms with E-state index in [2.05, 4.69) is 25.1 Å². The summed E-state index contributed by atoms with van der Waals surface area (Å²) in [6, 6.07) is 10.6. The molecule has 5 atom stereocenters. The molecule has 1 aromatic carbocycles. The summed E-state index contributed by atoms with van der Waals surface area (Å²) in [5.41, 5.74) is 2.04. The highest BCUT2D eigenvalue weighted by Crippen LogP contribution is 2.54. The number of rotatable bonds is 12. The minimum Gasteiger partial charge on any atom is -0.392 e. The lowest BCUT2D eigenvalue weighted by atomic mass is 9.61. The molecule has 170 valence electrons. The molecule has 0 bridgehead atoms. The Balaban J connectivity index is 1.73. The van der Waals surface area contributed by atoms with Crippen LogP contribution in [0, 0.1) is 28.6 Å². The number of hydrogen-bond donors (Lipinski definition) is 2. The van der Waals surface area contributed by atoms with Crippen LogP contribution in [0.15, 0.2) is 24.3 Å². The van der Waals surface area contributed by atoms with Crippen molar-refractivity contribution in [2.45, 2.75) is 102 Å². The Kier molecular flexibility index (Phi) is 8.69. The largest absolute Gasteiger partial charge is 0.392 e. The third kappa shape index (κ3) is 5.38. The van der Waals surface area contributed by atoms with E-state index in [1.807, 2.05) is 12.1 Å². The first-order valence-corrected chi connectivity index (χ1v) is 12.4. The van der Waals surface area contributed by atoms with Crippen molar-refractivity contribution in [3.8, 4) is 6.07 Å². The van der Waals surface area contributed by atoms with Gasteiger partial charge in [-0.25, -0.2) is 0 Å². The van der Waals surface area contributed by atoms with Gasteiger partial charge in [-0.2, -0.15) is 5.26 Å². The van der Waals surface area contributed by atoms with Gasteiger partial charge in [-0.1, -0.05) is 63.3 Å². The SMILES string of the molecule is CCCC1(C(O)c2cccc(C3C(CCCCCCC=O)[C@H](C#N)C[C@H]3O)c2)CCC1. The molecule has 3 rings (SSSR count). The molecular formula is C27H39NO3. The number of nitriles is 1. The van der Waals surface area contributed by atoms with Crippen molar-refractivity contribution in [1.29, 1.82) is 5.26 Å². The summed E-state index contributed by atoms with van der Waals surface area (Å²) in [6.45, 7) is 2.18. The van der Waals surface area contributed by atoms with Gasteiger partial charge >= 0.3 is 0 Å². The van der Waals surface area contributed by atoms with Gasteiger partial charge in [0.1, 0.15) is 6.29 Å². The van der Waals surface area contributed by atoms with E-state index in [0.29, 0.717) is 12.8 Å². The first-order valence-electron chi connectivity index (χ1n) is 12.4. The van der Waals surface area contributed by atoms with E-state index in [0.717, 1.165) is 75.2 Å². The van der Waals surface area contributed by atoms with Gasteiger partial charge in [-0.3, -0.25) is 0 Å². The van der Waals surface area contributed by atoms with Gasteiger partial charge in [-0.15, -0.1) is 0 Å². The second kappa shape index (κ2) is 11.2. The van der Waals surface area contributed by atoms with E-state index in [4.69, 9.17) is 0 Å². The maximum atomic E-state index is 11.2. The van der Waals surface area contributed by atoms with Crippen LogP contribution in [0.2, 0.25) is 0 Å². The molecule has 0 spiro atoms. The van der Waals surface area contributed by atoms with Crippen molar-refractivity contribution in [1.82, 2.24) is 0 Å². The maximum Gasteiger partial charge on any atom is 0.119 e. The average molecular weight is 426 g/mol. The number of nitrogens with zero attached hydrogens (tertiary/aromatic N) is 1. The van der Waals surface area contributed by atoms with Gasteiger partial charge in [0.05, 0.1) is 24.2 Å². The fraction of sp³-hybridized carbons (Fsp3) is 0.704. The van der Waals surface area contributed by atoms with E-state index in [1.165, 1.54) is 6.42 Å². The zero-order valence-corrected chi connectivity index (χ0v) is 19.0. The fourth-order valence-electron chi connectivity index (χ4n) is 6.16. The molecule has 2 aliphatic rings. The Morgan fingerprint density at radius 2 is 2.03 bits per heavy atom. The lowest BCUT2D eigenvalue weighted by Gasteiger charge is -2.46. The Morgan fingerprint density at radius 3 is 2.68 bits per heavy atom. The van der Waals surface area contributed by atoms with Gasteiger partial charge in [0, 0.05) is 17.8 Å². The highest BCUT2D eigenvalue weighted by molar-refractivity contribution is 5.48. The summed E-state index contributed by atoms with van der Waals surface area (Å²) >= 11 is 0. The smallest absolute Gasteiger partial charge is 0.119 e. The van der Waals surface area contributed by atoms with E-state index in [-0.39, 0.29) is 23.2 Å². The number of carbonyl (C=O) groups excluding carboxylic acids is 1. The predicted molar refractivity (Wildman–Crippen MR) is 122 cm³/mol. The van der Waals surface area contributed by atoms with Crippen LogP contribution in [0.5, 0.6) is 0 Å². The first-order chi connectivity index (χ1) is 15.1. The molecule has 2 saturated carbocycles. The van der Waals surface area contributed by atoms with Crippen LogP contribution < -0.4 is 0 Å². The molecule has 0 aromatic heterocycles. The number of unbranched alkanes of at least 4 members (excludes halogenated alkanes) is 4. The van der Waals surface area contributed by atoms with Gasteiger partial charge in [-0.05, 0) is 55.6 Å². The van der Waals surface area contributed by atoms with E-state index < -0.39 is 12.2 Å². The second-order valence-electron chi connectivity index (χ2n) is 9.93. The third-order valence-corrected chi connectivity index (χ3v) is 7.95. The number of aldehydes is 1. The third-order valence-electron chi connectivity index (χ3n) is 7.95. The topological polar surface area (TPSA) is 81.3 Å². The van der Waals surface area contributed by atoms with Crippen molar-refractivity contribution >= 4 is 6.29 Å². The van der Waals surface area contributed by atoms with Crippen molar-refractivity contribution in [3.63, 3.8) is 0 Å². The number of benzene rings is 1. The van der Waals surface area contributed by atoms with Gasteiger partial charge < -0.3 is 15.0 Å². The van der Waals surface area contributed by atoms with Gasteiger partial charge in [0.15, 0.2) is 0 Å². The molecule has 4 heteroatoms. The Hall–Kier alpha value is -1.70. The standard InChI is InChI=1S/C27H39NO3/c1-2-13-27(14-9-15-27)26(31)21-11-8-10-20(17-21)25-23(22(19-28)18-24(25)30)12-6-4-3-5-7-16-29/h8,10-11,16-17,22-26,30-31H,2-7,9,12-15,18H2,1H3/t22-,23?,24+,25?,26?/m0/s1. The summed E-state index contributed by atoms with van der Waals surface area (Å²) < 4.78 is 0. The number of aliphatic hydroxyl groups is 2. The molecule has 3 unspecified atom stereocenters. The van der Waals surface area contributed by atoms with Crippen LogP contribution in [-0.2, 0) is 4.79 Å². The molecule has 31 heavy (non-hydrogen) atoms. The van der Waals surface area contributed by atoms with Crippen molar-refractivity contribution < 1.29 is 15.0 Å². The molecule has 4 nitrogen and oxygen atoms in total. The molecule has 0 amide bonds. The molecule has 0 saturated heterocycles. The summed E-state index contributed by atoms with van der Waals surface area (Å²) in [6.07, 6.45) is 11.6. The highest BCUT2D eigenvalue weighted by Gasteiger charge is 2.45. The fourth-order valence-corrected chi connectivity index (χ4v) is 6.16. The van der Waals surface area contributed by atoms with Gasteiger partial charge in [0.25, 0.3) is 0 Å². The molecular weight excluding hydrogens is 386 g/mol. The molecule has 0 aliphatic heterocycles. The maximum absolute atomic E-state index is 11.2. The van der Waals surface area contributed by atoms with E-state index >= 15 is 0 Å². The van der Waals surface area contributed by atoms with Crippen molar-refractivity contribution in [2.24, 2.45) is 17.3 Å². The van der Waals surface area contributed by atoms with Crippen LogP contribution in [0.1, 0.15) is 107 Å². The van der Waals surface area contributed by atoms with Crippen molar-refractivity contribution in [3.05, 3.63) is 35.4 Å². The average Bonchev–Trinajstić information content (AvgIpc) is 3.08. The summed E-state index contributed by atoms with van der Waals surface area (Å²) in [5, 5.41) is 31.8. The minimum atomic E-state index is -0.509. The quantitative estimate of drug-likeness (QED) is 0.326. The summed E-state index contributed by atoms with van der Waals surface area (Å²) in [7, 11) is 0. The molecule has 2 aliphatic carbocycles. The Bertz CT molecular complexity index is 751. The number of carbonyl (C=O) groups is 1. The number of hydrogen-bond acceptors (Lipinski definition) is 4. The monoisotopic (exact) mass is 425 g/mol. The molecule has 0 heterocycles. The molecule has 0 radical (unpaired) electrons. The summed E-state index contributed by atoms with van der Waals surface area (Å²) in [4.78, 5) is 10.5. The first kappa shape index (κ1) is 24.0. The molecule has 2 fully saturated rings. The lowest BCUT2D eigenvalue weighted by molar-refractivity contribution is -0.107. The normalized spacial score (nSPS) is 27.9. The van der Waals surface area contributed by atoms with E-state index in [9.17, 15) is 20.3 Å². The van der Waals surface area contributed by atoms with Crippen LogP contribution in [0.25, 0.3) is 0 Å². The van der Waals surface area contributed by atoms with E-state index in [1.54, 1.807) is 0 Å². The Labute approximate surface area is 187 Å². The zero-order valence-electron chi connectivity index (χ0n) is 19.0. The molecule has 1 aromatic rings. The van der Waals surface area contributed by atoms with Crippen LogP contribution in [0.3, 0.4) is 0 Å². The summed E-state index contributed by atoms with van der Waals surface area (Å²) in [5.74, 6) is -0.0244. The lowest BCUT2D eigenvalue weighted by Crippen LogP contribution is -2.36. The van der Waals surface area contributed by atoms with Crippen LogP contribution >= 0.6 is 0 Å². The minimum absolute atomic E-state index is 0.0117. The van der Waals surface area contributed by atoms with Gasteiger partial charge in [0.2, 0.25) is 0 Å². The second-order valence-corrected chi connectivity index (χ2v) is 9.93. The van der Waals surface area contributed by atoms with Crippen molar-refractivity contribution in [2.75, 3.05) is 0 Å². The van der Waals surface area contributed by atoms with Crippen LogP contribution in [0.4, 0.5) is 0 Å². The number of aliphatic hydroxyl groups excluding tert-OH is 2. The zero-order chi connectivity index (χ0) is 22.3.